The van der Waals surface area contributed by atoms with Crippen molar-refractivity contribution in [1.82, 2.24) is 19.3 Å². The van der Waals surface area contributed by atoms with Crippen LogP contribution in [0, 0.1) is 13.8 Å². The number of sulfonamides is 1. The second-order valence-corrected chi connectivity index (χ2v) is 9.14. The molecule has 0 spiro atoms. The van der Waals surface area contributed by atoms with Gasteiger partial charge in [-0.3, -0.25) is 0 Å². The third-order valence-corrected chi connectivity index (χ3v) is 6.65. The second-order valence-electron chi connectivity index (χ2n) is 7.41. The van der Waals surface area contributed by atoms with Gasteiger partial charge in [0.1, 0.15) is 17.1 Å². The number of pyridine rings is 1. The van der Waals surface area contributed by atoms with Gasteiger partial charge in [-0.1, -0.05) is 24.3 Å². The fourth-order valence-electron chi connectivity index (χ4n) is 3.49. The predicted molar refractivity (Wildman–Crippen MR) is 120 cm³/mol. The number of aromatic nitrogens is 3. The summed E-state index contributed by atoms with van der Waals surface area (Å²) < 4.78 is 35.9. The topological polar surface area (TPSA) is 86.1 Å². The Morgan fingerprint density at radius 3 is 2.71 bits per heavy atom. The molecule has 0 aliphatic carbocycles. The molecule has 0 saturated carbocycles. The minimum atomic E-state index is -3.69. The number of benzene rings is 2. The molecule has 2 heterocycles. The summed E-state index contributed by atoms with van der Waals surface area (Å²) in [6, 6.07) is 16.8. The molecule has 0 unspecified atom stereocenters. The predicted octanol–water partition coefficient (Wildman–Crippen LogP) is 3.58. The van der Waals surface area contributed by atoms with Gasteiger partial charge < -0.3 is 9.30 Å². The van der Waals surface area contributed by atoms with Crippen LogP contribution in [0.1, 0.15) is 22.5 Å². The van der Waals surface area contributed by atoms with Crippen LogP contribution in [0.3, 0.4) is 0 Å². The first kappa shape index (κ1) is 21.0. The van der Waals surface area contributed by atoms with E-state index < -0.39 is 10.0 Å². The monoisotopic (exact) mass is 436 g/mol. The van der Waals surface area contributed by atoms with Crippen molar-refractivity contribution in [2.24, 2.45) is 0 Å². The lowest BCUT2D eigenvalue weighted by Crippen LogP contribution is -2.26. The van der Waals surface area contributed by atoms with Gasteiger partial charge in [-0.05, 0) is 60.9 Å². The summed E-state index contributed by atoms with van der Waals surface area (Å²) in [4.78, 5) is 9.37. The maximum absolute atomic E-state index is 13.0. The van der Waals surface area contributed by atoms with Crippen molar-refractivity contribution in [3.05, 3.63) is 83.3 Å². The van der Waals surface area contributed by atoms with Crippen LogP contribution in [0.25, 0.3) is 11.2 Å². The summed E-state index contributed by atoms with van der Waals surface area (Å²) in [7, 11) is -2.07. The molecule has 4 rings (SSSR count). The van der Waals surface area contributed by atoms with Gasteiger partial charge in [0.25, 0.3) is 0 Å². The third kappa shape index (κ3) is 4.45. The van der Waals surface area contributed by atoms with E-state index in [1.165, 1.54) is 0 Å². The Labute approximate surface area is 181 Å². The zero-order valence-corrected chi connectivity index (χ0v) is 18.5. The van der Waals surface area contributed by atoms with Gasteiger partial charge in [0.2, 0.25) is 10.0 Å². The van der Waals surface area contributed by atoms with Crippen LogP contribution in [-0.4, -0.2) is 30.1 Å². The average molecular weight is 437 g/mol. The molecule has 0 atom stereocenters. The average Bonchev–Trinajstić information content (AvgIpc) is 3.11. The standard InChI is InChI=1S/C23H24N4O3S/c1-16-9-10-17(2)21(12-16)31(28,29)25-14-22-26-20-8-5-11-24-23(20)27(22)15-18-6-4-7-19(13-18)30-3/h4-13,25H,14-15H2,1-3H3. The molecule has 2 aromatic carbocycles. The van der Waals surface area contributed by atoms with Crippen LogP contribution in [0.2, 0.25) is 0 Å². The number of methoxy groups -OCH3 is 1. The number of imidazole rings is 1. The lowest BCUT2D eigenvalue weighted by Gasteiger charge is -2.12. The highest BCUT2D eigenvalue weighted by Crippen LogP contribution is 2.20. The van der Waals surface area contributed by atoms with E-state index in [4.69, 9.17) is 4.74 Å². The highest BCUT2D eigenvalue weighted by Gasteiger charge is 2.19. The van der Waals surface area contributed by atoms with Crippen LogP contribution in [0.4, 0.5) is 0 Å². The fourth-order valence-corrected chi connectivity index (χ4v) is 4.80. The van der Waals surface area contributed by atoms with Crippen molar-refractivity contribution in [3.8, 4) is 5.75 Å². The number of nitrogens with one attached hydrogen (secondary N) is 1. The summed E-state index contributed by atoms with van der Waals surface area (Å²) in [6.07, 6.45) is 1.70. The maximum atomic E-state index is 13.0. The van der Waals surface area contributed by atoms with E-state index in [0.717, 1.165) is 16.9 Å². The van der Waals surface area contributed by atoms with E-state index in [1.54, 1.807) is 26.3 Å². The van der Waals surface area contributed by atoms with Crippen molar-refractivity contribution < 1.29 is 13.2 Å². The Morgan fingerprint density at radius 1 is 1.06 bits per heavy atom. The van der Waals surface area contributed by atoms with E-state index in [9.17, 15) is 8.42 Å². The van der Waals surface area contributed by atoms with E-state index in [1.807, 2.05) is 60.0 Å². The van der Waals surface area contributed by atoms with Gasteiger partial charge in [0.05, 0.1) is 25.1 Å². The molecule has 1 N–H and O–H groups in total. The Bertz CT molecular complexity index is 1350. The molecule has 8 heteroatoms. The SMILES string of the molecule is COc1cccc(Cn2c(CNS(=O)(=O)c3cc(C)ccc3C)nc3cccnc32)c1. The van der Waals surface area contributed by atoms with E-state index in [-0.39, 0.29) is 11.4 Å². The van der Waals surface area contributed by atoms with Crippen LogP contribution >= 0.6 is 0 Å². The molecule has 4 aromatic rings. The minimum absolute atomic E-state index is 0.0516. The van der Waals surface area contributed by atoms with E-state index in [0.29, 0.717) is 29.1 Å². The Hall–Kier alpha value is -3.23. The molecule has 2 aromatic heterocycles. The zero-order valence-electron chi connectivity index (χ0n) is 17.7. The molecular formula is C23H24N4O3S. The van der Waals surface area contributed by atoms with Gasteiger partial charge >= 0.3 is 0 Å². The summed E-state index contributed by atoms with van der Waals surface area (Å²) in [5, 5.41) is 0. The van der Waals surface area contributed by atoms with Gasteiger partial charge in [0, 0.05) is 6.20 Å². The van der Waals surface area contributed by atoms with Gasteiger partial charge in [0.15, 0.2) is 5.65 Å². The highest BCUT2D eigenvalue weighted by molar-refractivity contribution is 7.89. The summed E-state index contributed by atoms with van der Waals surface area (Å²) >= 11 is 0. The first-order valence-corrected chi connectivity index (χ1v) is 11.4. The van der Waals surface area contributed by atoms with Gasteiger partial charge in [-0.2, -0.15) is 0 Å². The first-order chi connectivity index (χ1) is 14.9. The number of fused-ring (bicyclic) bond motifs is 1. The third-order valence-electron chi connectivity index (χ3n) is 5.11. The number of hydrogen-bond donors (Lipinski definition) is 1. The summed E-state index contributed by atoms with van der Waals surface area (Å²) in [6.45, 7) is 4.20. The van der Waals surface area contributed by atoms with Crippen LogP contribution in [0.5, 0.6) is 5.75 Å². The summed E-state index contributed by atoms with van der Waals surface area (Å²) in [5.74, 6) is 1.34. The second kappa shape index (κ2) is 8.49. The molecule has 31 heavy (non-hydrogen) atoms. The lowest BCUT2D eigenvalue weighted by molar-refractivity contribution is 0.414. The molecule has 0 bridgehead atoms. The molecule has 160 valence electrons. The van der Waals surface area contributed by atoms with Crippen LogP contribution < -0.4 is 9.46 Å². The molecule has 7 nitrogen and oxygen atoms in total. The van der Waals surface area contributed by atoms with Crippen molar-refractivity contribution in [2.75, 3.05) is 7.11 Å². The number of aryl methyl sites for hydroxylation is 2. The van der Waals surface area contributed by atoms with Crippen LogP contribution in [-0.2, 0) is 23.1 Å². The molecule has 0 radical (unpaired) electrons. The molecule has 0 aliphatic rings. The molecule has 0 saturated heterocycles. The smallest absolute Gasteiger partial charge is 0.241 e. The first-order valence-electron chi connectivity index (χ1n) is 9.87. The Kier molecular flexibility index (Phi) is 5.75. The minimum Gasteiger partial charge on any atom is -0.497 e. The molecule has 0 fully saturated rings. The number of rotatable bonds is 7. The summed E-state index contributed by atoms with van der Waals surface area (Å²) in [5.41, 5.74) is 4.01. The zero-order chi connectivity index (χ0) is 22.0. The van der Waals surface area contributed by atoms with E-state index >= 15 is 0 Å². The lowest BCUT2D eigenvalue weighted by atomic mass is 10.2. The van der Waals surface area contributed by atoms with Crippen molar-refractivity contribution in [3.63, 3.8) is 0 Å². The largest absolute Gasteiger partial charge is 0.497 e. The Balaban J connectivity index is 1.67. The number of hydrogen-bond acceptors (Lipinski definition) is 5. The number of ether oxygens (including phenoxy) is 1. The van der Waals surface area contributed by atoms with Crippen LogP contribution in [0.15, 0.2) is 65.7 Å². The highest BCUT2D eigenvalue weighted by atomic mass is 32.2. The normalized spacial score (nSPS) is 11.7. The van der Waals surface area contributed by atoms with Crippen molar-refractivity contribution >= 4 is 21.2 Å². The molecule has 0 aliphatic heterocycles. The van der Waals surface area contributed by atoms with E-state index in [2.05, 4.69) is 14.7 Å². The molecule has 0 amide bonds. The number of nitrogens with zero attached hydrogens (tertiary/aromatic N) is 3. The quantitative estimate of drug-likeness (QED) is 0.479. The maximum Gasteiger partial charge on any atom is 0.241 e. The molecular weight excluding hydrogens is 412 g/mol. The van der Waals surface area contributed by atoms with Gasteiger partial charge in [-0.15, -0.1) is 0 Å². The van der Waals surface area contributed by atoms with Gasteiger partial charge in [-0.25, -0.2) is 23.1 Å². The Morgan fingerprint density at radius 2 is 1.90 bits per heavy atom. The fraction of sp³-hybridized carbons (Fsp3) is 0.217. The van der Waals surface area contributed by atoms with Crippen molar-refractivity contribution in [2.45, 2.75) is 31.8 Å². The van der Waals surface area contributed by atoms with Crippen molar-refractivity contribution in [1.29, 1.82) is 0 Å².